The third-order valence-corrected chi connectivity index (χ3v) is 3.49. The van der Waals surface area contributed by atoms with Crippen LogP contribution in [-0.2, 0) is 11.2 Å². The first-order valence-corrected chi connectivity index (χ1v) is 6.90. The van der Waals surface area contributed by atoms with E-state index in [-0.39, 0.29) is 11.9 Å². The Balaban J connectivity index is 1.76. The summed E-state index contributed by atoms with van der Waals surface area (Å²) in [4.78, 5) is 18.4. The van der Waals surface area contributed by atoms with Crippen LogP contribution in [0.2, 0.25) is 0 Å². The van der Waals surface area contributed by atoms with Crippen LogP contribution in [0.5, 0.6) is 0 Å². The number of hydrogen-bond donors (Lipinski definition) is 1. The van der Waals surface area contributed by atoms with Gasteiger partial charge in [-0.1, -0.05) is 12.1 Å². The number of aromatic nitrogens is 4. The van der Waals surface area contributed by atoms with Crippen molar-refractivity contribution in [3.63, 3.8) is 0 Å². The summed E-state index contributed by atoms with van der Waals surface area (Å²) in [7, 11) is 0. The van der Waals surface area contributed by atoms with Crippen LogP contribution in [0.4, 0.5) is 0 Å². The number of hydrogen-bond acceptors (Lipinski definition) is 7. The molecule has 0 saturated carbocycles. The molecule has 0 aromatic carbocycles. The fourth-order valence-electron chi connectivity index (χ4n) is 2.39. The molecule has 0 spiro atoms. The summed E-state index contributed by atoms with van der Waals surface area (Å²) in [6.07, 6.45) is 1.98. The van der Waals surface area contributed by atoms with Crippen LogP contribution >= 0.6 is 0 Å². The molecule has 1 N–H and O–H groups in total. The third-order valence-electron chi connectivity index (χ3n) is 3.49. The van der Waals surface area contributed by atoms with Crippen molar-refractivity contribution in [1.29, 1.82) is 0 Å². The van der Waals surface area contributed by atoms with Crippen molar-refractivity contribution in [1.82, 2.24) is 30.6 Å². The lowest BCUT2D eigenvalue weighted by Gasteiger charge is -2.33. The van der Waals surface area contributed by atoms with Gasteiger partial charge in [0.05, 0.1) is 12.5 Å². The highest BCUT2D eigenvalue weighted by Crippen LogP contribution is 2.15. The number of nitrogens with one attached hydrogen (secondary N) is 1. The Hall–Kier alpha value is -2.35. The lowest BCUT2D eigenvalue weighted by molar-refractivity contribution is -0.129. The van der Waals surface area contributed by atoms with Gasteiger partial charge in [-0.05, 0) is 18.7 Å². The van der Waals surface area contributed by atoms with Gasteiger partial charge in [-0.3, -0.25) is 9.69 Å². The molecule has 8 nitrogen and oxygen atoms in total. The SMILES string of the molecule is CCN1CCNC(=O)C1Cc1nc(-c2cccnn2)no1. The number of likely N-dealkylation sites (N-methyl/N-ethyl adjacent to an activating group) is 1. The minimum Gasteiger partial charge on any atom is -0.353 e. The van der Waals surface area contributed by atoms with Crippen LogP contribution in [0, 0.1) is 0 Å². The van der Waals surface area contributed by atoms with E-state index < -0.39 is 0 Å². The summed E-state index contributed by atoms with van der Waals surface area (Å²) >= 11 is 0. The molecular formula is C13H16N6O2. The van der Waals surface area contributed by atoms with E-state index in [2.05, 4.69) is 30.6 Å². The van der Waals surface area contributed by atoms with Crippen LogP contribution in [-0.4, -0.2) is 56.8 Å². The molecule has 110 valence electrons. The van der Waals surface area contributed by atoms with Gasteiger partial charge in [-0.2, -0.15) is 10.1 Å². The maximum atomic E-state index is 12.0. The van der Waals surface area contributed by atoms with Gasteiger partial charge in [-0.25, -0.2) is 0 Å². The largest absolute Gasteiger partial charge is 0.353 e. The summed E-state index contributed by atoms with van der Waals surface area (Å²) in [5.41, 5.74) is 0.549. The zero-order valence-corrected chi connectivity index (χ0v) is 11.7. The van der Waals surface area contributed by atoms with E-state index in [0.29, 0.717) is 30.4 Å². The average Bonchev–Trinajstić information content (AvgIpc) is 2.99. The van der Waals surface area contributed by atoms with Gasteiger partial charge in [0.1, 0.15) is 5.69 Å². The zero-order chi connectivity index (χ0) is 14.7. The minimum atomic E-state index is -0.265. The van der Waals surface area contributed by atoms with Crippen LogP contribution < -0.4 is 5.32 Å². The second kappa shape index (κ2) is 5.96. The van der Waals surface area contributed by atoms with E-state index in [1.165, 1.54) is 0 Å². The molecule has 1 amide bonds. The molecule has 3 rings (SSSR count). The maximum absolute atomic E-state index is 12.0. The molecule has 2 aromatic rings. The molecule has 1 atom stereocenters. The van der Waals surface area contributed by atoms with E-state index in [9.17, 15) is 4.79 Å². The van der Waals surface area contributed by atoms with Crippen molar-refractivity contribution in [2.45, 2.75) is 19.4 Å². The van der Waals surface area contributed by atoms with Gasteiger partial charge in [0.15, 0.2) is 0 Å². The van der Waals surface area contributed by atoms with Crippen molar-refractivity contribution in [2.24, 2.45) is 0 Å². The fourth-order valence-corrected chi connectivity index (χ4v) is 2.39. The number of nitrogens with zero attached hydrogens (tertiary/aromatic N) is 5. The van der Waals surface area contributed by atoms with Gasteiger partial charge in [0, 0.05) is 19.3 Å². The second-order valence-corrected chi connectivity index (χ2v) is 4.76. The Morgan fingerprint density at radius 2 is 2.43 bits per heavy atom. The Morgan fingerprint density at radius 1 is 1.52 bits per heavy atom. The molecule has 1 aliphatic rings. The molecule has 8 heteroatoms. The molecule has 0 aliphatic carbocycles. The highest BCUT2D eigenvalue weighted by atomic mass is 16.5. The highest BCUT2D eigenvalue weighted by molar-refractivity contribution is 5.82. The monoisotopic (exact) mass is 288 g/mol. The average molecular weight is 288 g/mol. The van der Waals surface area contributed by atoms with Gasteiger partial charge in [0.2, 0.25) is 17.6 Å². The quantitative estimate of drug-likeness (QED) is 0.838. The Kier molecular flexibility index (Phi) is 3.87. The summed E-state index contributed by atoms with van der Waals surface area (Å²) in [5, 5.41) is 14.5. The molecule has 1 unspecified atom stereocenters. The second-order valence-electron chi connectivity index (χ2n) is 4.76. The van der Waals surface area contributed by atoms with Crippen LogP contribution in [0.15, 0.2) is 22.9 Å². The zero-order valence-electron chi connectivity index (χ0n) is 11.7. The standard InChI is InChI=1S/C13H16N6O2/c1-2-19-7-6-14-13(20)10(19)8-11-16-12(18-21-11)9-4-3-5-15-17-9/h3-5,10H,2,6-8H2,1H3,(H,14,20). The summed E-state index contributed by atoms with van der Waals surface area (Å²) in [5.74, 6) is 0.816. The smallest absolute Gasteiger partial charge is 0.237 e. The molecule has 1 aliphatic heterocycles. The van der Waals surface area contributed by atoms with Crippen molar-refractivity contribution in [3.8, 4) is 11.5 Å². The predicted octanol–water partition coefficient (Wildman–Crippen LogP) is -0.111. The molecule has 1 saturated heterocycles. The van der Waals surface area contributed by atoms with Crippen LogP contribution in [0.25, 0.3) is 11.5 Å². The molecule has 21 heavy (non-hydrogen) atoms. The Bertz CT molecular complexity index is 614. The van der Waals surface area contributed by atoms with Crippen molar-refractivity contribution in [2.75, 3.05) is 19.6 Å². The number of amides is 1. The molecule has 1 fully saturated rings. The summed E-state index contributed by atoms with van der Waals surface area (Å²) in [6, 6.07) is 3.25. The number of piperazine rings is 1. The molecule has 0 bridgehead atoms. The van der Waals surface area contributed by atoms with Gasteiger partial charge >= 0.3 is 0 Å². The lowest BCUT2D eigenvalue weighted by atomic mass is 10.1. The van der Waals surface area contributed by atoms with Crippen molar-refractivity contribution < 1.29 is 9.32 Å². The van der Waals surface area contributed by atoms with Gasteiger partial charge in [-0.15, -0.1) is 5.10 Å². The lowest BCUT2D eigenvalue weighted by Crippen LogP contribution is -2.55. The summed E-state index contributed by atoms with van der Waals surface area (Å²) in [6.45, 7) is 4.35. The van der Waals surface area contributed by atoms with E-state index in [0.717, 1.165) is 13.1 Å². The highest BCUT2D eigenvalue weighted by Gasteiger charge is 2.30. The molecule has 3 heterocycles. The van der Waals surface area contributed by atoms with E-state index in [1.54, 1.807) is 18.3 Å². The topological polar surface area (TPSA) is 97.0 Å². The molecule has 2 aromatic heterocycles. The van der Waals surface area contributed by atoms with Crippen LogP contribution in [0.3, 0.4) is 0 Å². The van der Waals surface area contributed by atoms with Crippen molar-refractivity contribution in [3.05, 3.63) is 24.2 Å². The van der Waals surface area contributed by atoms with Crippen LogP contribution in [0.1, 0.15) is 12.8 Å². The Morgan fingerprint density at radius 3 is 3.19 bits per heavy atom. The van der Waals surface area contributed by atoms with Crippen molar-refractivity contribution >= 4 is 5.91 Å². The minimum absolute atomic E-state index is 0.00218. The normalized spacial score (nSPS) is 19.5. The van der Waals surface area contributed by atoms with E-state index >= 15 is 0 Å². The first kappa shape index (κ1) is 13.6. The predicted molar refractivity (Wildman–Crippen MR) is 73.1 cm³/mol. The fraction of sp³-hybridized carbons (Fsp3) is 0.462. The first-order valence-electron chi connectivity index (χ1n) is 6.90. The Labute approximate surface area is 121 Å². The molecule has 0 radical (unpaired) electrons. The number of rotatable bonds is 4. The van der Waals surface area contributed by atoms with Gasteiger partial charge < -0.3 is 9.84 Å². The maximum Gasteiger partial charge on any atom is 0.237 e. The number of carbonyl (C=O) groups excluding carboxylic acids is 1. The van der Waals surface area contributed by atoms with Gasteiger partial charge in [0.25, 0.3) is 0 Å². The van der Waals surface area contributed by atoms with E-state index in [1.807, 2.05) is 6.92 Å². The molecular weight excluding hydrogens is 272 g/mol. The third kappa shape index (κ3) is 2.89. The number of carbonyl (C=O) groups is 1. The summed E-state index contributed by atoms with van der Waals surface area (Å²) < 4.78 is 5.23. The van der Waals surface area contributed by atoms with E-state index in [4.69, 9.17) is 4.52 Å². The first-order chi connectivity index (χ1) is 10.3.